The van der Waals surface area contributed by atoms with Crippen LogP contribution in [0.3, 0.4) is 0 Å². The monoisotopic (exact) mass is 290 g/mol. The number of carbonyl (C=O) groups is 1. The van der Waals surface area contributed by atoms with Crippen LogP contribution in [0.5, 0.6) is 5.75 Å². The van der Waals surface area contributed by atoms with Crippen LogP contribution in [-0.4, -0.2) is 34.7 Å². The number of hydrogen-bond donors (Lipinski definition) is 1. The second-order valence-corrected chi connectivity index (χ2v) is 4.79. The summed E-state index contributed by atoms with van der Waals surface area (Å²) in [7, 11) is 1.95. The van der Waals surface area contributed by atoms with Gasteiger partial charge in [0.15, 0.2) is 6.61 Å². The van der Waals surface area contributed by atoms with Crippen LogP contribution in [0.4, 0.5) is 0 Å². The van der Waals surface area contributed by atoms with Gasteiger partial charge in [-0.1, -0.05) is 12.1 Å². The van der Waals surface area contributed by atoms with Crippen molar-refractivity contribution >= 4 is 5.91 Å². The van der Waals surface area contributed by atoms with Crippen LogP contribution in [0.15, 0.2) is 28.7 Å². The SMILES string of the molecule is Cc1nnc(CN(C)Cc2cccc(OCC(N)=O)c2)o1. The number of aromatic nitrogens is 2. The molecule has 0 aliphatic rings. The van der Waals surface area contributed by atoms with Crippen LogP contribution in [0, 0.1) is 6.92 Å². The zero-order valence-electron chi connectivity index (χ0n) is 12.1. The third-order valence-corrected chi connectivity index (χ3v) is 2.71. The number of hydrogen-bond acceptors (Lipinski definition) is 6. The number of ether oxygens (including phenoxy) is 1. The standard InChI is InChI=1S/C14H18N4O3/c1-10-16-17-14(21-10)8-18(2)7-11-4-3-5-12(6-11)20-9-13(15)19/h3-6H,7-9H2,1-2H3,(H2,15,19). The average molecular weight is 290 g/mol. The summed E-state index contributed by atoms with van der Waals surface area (Å²) in [6.45, 7) is 2.89. The average Bonchev–Trinajstić information content (AvgIpc) is 2.82. The Labute approximate surface area is 122 Å². The minimum Gasteiger partial charge on any atom is -0.484 e. The minimum absolute atomic E-state index is 0.124. The van der Waals surface area contributed by atoms with Gasteiger partial charge in [0.25, 0.3) is 5.91 Å². The first-order chi connectivity index (χ1) is 10.0. The van der Waals surface area contributed by atoms with E-state index in [1.807, 2.05) is 30.1 Å². The van der Waals surface area contributed by atoms with Crippen molar-refractivity contribution in [3.8, 4) is 5.75 Å². The molecule has 1 heterocycles. The van der Waals surface area contributed by atoms with Gasteiger partial charge >= 0.3 is 0 Å². The summed E-state index contributed by atoms with van der Waals surface area (Å²) in [6, 6.07) is 7.51. The fourth-order valence-corrected chi connectivity index (χ4v) is 1.89. The number of aryl methyl sites for hydroxylation is 1. The molecule has 0 spiro atoms. The maximum Gasteiger partial charge on any atom is 0.255 e. The molecular weight excluding hydrogens is 272 g/mol. The molecule has 2 N–H and O–H groups in total. The molecule has 7 nitrogen and oxygen atoms in total. The lowest BCUT2D eigenvalue weighted by molar-refractivity contribution is -0.119. The van der Waals surface area contributed by atoms with Gasteiger partial charge in [0, 0.05) is 13.5 Å². The Bertz CT molecular complexity index is 612. The molecule has 0 bridgehead atoms. The van der Waals surface area contributed by atoms with E-state index < -0.39 is 5.91 Å². The molecule has 1 amide bonds. The Balaban J connectivity index is 1.92. The fraction of sp³-hybridized carbons (Fsp3) is 0.357. The van der Waals surface area contributed by atoms with Crippen molar-refractivity contribution in [2.24, 2.45) is 5.73 Å². The lowest BCUT2D eigenvalue weighted by atomic mass is 10.2. The highest BCUT2D eigenvalue weighted by Gasteiger charge is 2.08. The van der Waals surface area contributed by atoms with Crippen molar-refractivity contribution in [3.63, 3.8) is 0 Å². The predicted molar refractivity (Wildman–Crippen MR) is 75.3 cm³/mol. The highest BCUT2D eigenvalue weighted by molar-refractivity contribution is 5.75. The number of amides is 1. The molecule has 21 heavy (non-hydrogen) atoms. The van der Waals surface area contributed by atoms with Crippen LogP contribution in [0.2, 0.25) is 0 Å². The second kappa shape index (κ2) is 6.85. The van der Waals surface area contributed by atoms with E-state index in [-0.39, 0.29) is 6.61 Å². The van der Waals surface area contributed by atoms with Crippen LogP contribution in [-0.2, 0) is 17.9 Å². The van der Waals surface area contributed by atoms with Crippen molar-refractivity contribution in [2.75, 3.05) is 13.7 Å². The molecule has 0 saturated heterocycles. The summed E-state index contributed by atoms with van der Waals surface area (Å²) < 4.78 is 10.6. The molecule has 2 rings (SSSR count). The maximum absolute atomic E-state index is 10.7. The number of primary amides is 1. The van der Waals surface area contributed by atoms with E-state index in [1.165, 1.54) is 0 Å². The van der Waals surface area contributed by atoms with Gasteiger partial charge in [-0.05, 0) is 24.7 Å². The van der Waals surface area contributed by atoms with Gasteiger partial charge in [-0.2, -0.15) is 0 Å². The lowest BCUT2D eigenvalue weighted by Crippen LogP contribution is -2.20. The van der Waals surface area contributed by atoms with Gasteiger partial charge < -0.3 is 14.9 Å². The summed E-state index contributed by atoms with van der Waals surface area (Å²) in [5.41, 5.74) is 6.10. The van der Waals surface area contributed by atoms with Gasteiger partial charge in [0.05, 0.1) is 6.54 Å². The first kappa shape index (κ1) is 15.0. The minimum atomic E-state index is -0.496. The Kier molecular flexibility index (Phi) is 4.89. The number of rotatable bonds is 7. The molecule has 0 radical (unpaired) electrons. The van der Waals surface area contributed by atoms with Crippen LogP contribution in [0.1, 0.15) is 17.3 Å². The van der Waals surface area contributed by atoms with E-state index >= 15 is 0 Å². The molecule has 1 aromatic heterocycles. The number of benzene rings is 1. The summed E-state index contributed by atoms with van der Waals surface area (Å²) in [5.74, 6) is 1.26. The first-order valence-electron chi connectivity index (χ1n) is 6.50. The van der Waals surface area contributed by atoms with Gasteiger partial charge in [-0.3, -0.25) is 9.69 Å². The van der Waals surface area contributed by atoms with Crippen LogP contribution in [0.25, 0.3) is 0 Å². The smallest absolute Gasteiger partial charge is 0.255 e. The first-order valence-corrected chi connectivity index (χ1v) is 6.50. The summed E-state index contributed by atoms with van der Waals surface area (Å²) >= 11 is 0. The highest BCUT2D eigenvalue weighted by atomic mass is 16.5. The van der Waals surface area contributed by atoms with E-state index in [0.717, 1.165) is 5.56 Å². The molecule has 1 aromatic carbocycles. The maximum atomic E-state index is 10.7. The molecule has 0 aliphatic carbocycles. The quantitative estimate of drug-likeness (QED) is 0.813. The third kappa shape index (κ3) is 4.88. The number of carbonyl (C=O) groups excluding carboxylic acids is 1. The van der Waals surface area contributed by atoms with Crippen molar-refractivity contribution in [3.05, 3.63) is 41.6 Å². The van der Waals surface area contributed by atoms with E-state index in [2.05, 4.69) is 10.2 Å². The van der Waals surface area contributed by atoms with E-state index in [0.29, 0.717) is 30.6 Å². The Morgan fingerprint density at radius 1 is 1.38 bits per heavy atom. The zero-order valence-corrected chi connectivity index (χ0v) is 12.1. The Morgan fingerprint density at radius 3 is 2.86 bits per heavy atom. The largest absolute Gasteiger partial charge is 0.484 e. The Hall–Kier alpha value is -2.41. The molecule has 112 valence electrons. The molecule has 0 unspecified atom stereocenters. The fourth-order valence-electron chi connectivity index (χ4n) is 1.89. The van der Waals surface area contributed by atoms with Crippen LogP contribution < -0.4 is 10.5 Å². The molecular formula is C14H18N4O3. The van der Waals surface area contributed by atoms with Crippen molar-refractivity contribution in [2.45, 2.75) is 20.0 Å². The van der Waals surface area contributed by atoms with Crippen molar-refractivity contribution < 1.29 is 13.9 Å². The molecule has 0 fully saturated rings. The second-order valence-electron chi connectivity index (χ2n) is 4.79. The summed E-state index contributed by atoms with van der Waals surface area (Å²) in [4.78, 5) is 12.7. The van der Waals surface area contributed by atoms with Crippen LogP contribution >= 0.6 is 0 Å². The van der Waals surface area contributed by atoms with Crippen molar-refractivity contribution in [1.29, 1.82) is 0 Å². The molecule has 7 heteroatoms. The third-order valence-electron chi connectivity index (χ3n) is 2.71. The topological polar surface area (TPSA) is 94.5 Å². The molecule has 0 atom stereocenters. The summed E-state index contributed by atoms with van der Waals surface area (Å²) in [6.07, 6.45) is 0. The van der Waals surface area contributed by atoms with E-state index in [9.17, 15) is 4.79 Å². The number of nitrogens with two attached hydrogens (primary N) is 1. The van der Waals surface area contributed by atoms with E-state index in [1.54, 1.807) is 13.0 Å². The molecule has 0 aliphatic heterocycles. The zero-order chi connectivity index (χ0) is 15.2. The predicted octanol–water partition coefficient (Wildman–Crippen LogP) is 0.874. The Morgan fingerprint density at radius 2 is 2.19 bits per heavy atom. The molecule has 0 saturated carbocycles. The van der Waals surface area contributed by atoms with Crippen molar-refractivity contribution in [1.82, 2.24) is 15.1 Å². The van der Waals surface area contributed by atoms with Gasteiger partial charge in [0.1, 0.15) is 5.75 Å². The number of nitrogens with zero attached hydrogens (tertiary/aromatic N) is 3. The van der Waals surface area contributed by atoms with Gasteiger partial charge in [0.2, 0.25) is 11.8 Å². The van der Waals surface area contributed by atoms with Gasteiger partial charge in [-0.15, -0.1) is 10.2 Å². The molecule has 2 aromatic rings. The van der Waals surface area contributed by atoms with Gasteiger partial charge in [-0.25, -0.2) is 0 Å². The normalized spacial score (nSPS) is 10.8. The highest BCUT2D eigenvalue weighted by Crippen LogP contribution is 2.15. The lowest BCUT2D eigenvalue weighted by Gasteiger charge is -2.15. The van der Waals surface area contributed by atoms with E-state index in [4.69, 9.17) is 14.9 Å². The summed E-state index contributed by atoms with van der Waals surface area (Å²) in [5, 5.41) is 7.75.